The fourth-order valence-electron chi connectivity index (χ4n) is 3.13. The molecule has 0 aliphatic heterocycles. The molecule has 0 spiro atoms. The Morgan fingerprint density at radius 1 is 1.19 bits per heavy atom. The Balaban J connectivity index is 1.85. The zero-order valence-electron chi connectivity index (χ0n) is 18.0. The van der Waals surface area contributed by atoms with Crippen LogP contribution in [-0.2, 0) is 10.0 Å². The number of hydrazone groups is 1. The Morgan fingerprint density at radius 3 is 2.44 bits per heavy atom. The minimum Gasteiger partial charge on any atom is -0.306 e. The summed E-state index contributed by atoms with van der Waals surface area (Å²) in [4.78, 5) is 14.8. The van der Waals surface area contributed by atoms with Crippen LogP contribution in [0.3, 0.4) is 0 Å². The molecule has 3 rings (SSSR count). The molecule has 0 fully saturated rings. The topological polar surface area (TPSA) is 123 Å². The summed E-state index contributed by atoms with van der Waals surface area (Å²) >= 11 is 0. The molecule has 2 aromatic carbocycles. The Hall–Kier alpha value is -3.57. The van der Waals surface area contributed by atoms with Gasteiger partial charge in [-0.1, -0.05) is 26.0 Å². The molecule has 10 nitrogen and oxygen atoms in total. The van der Waals surface area contributed by atoms with Crippen molar-refractivity contribution < 1.29 is 13.3 Å². The maximum absolute atomic E-state index is 12.7. The first kappa shape index (κ1) is 23.1. The lowest BCUT2D eigenvalue weighted by Crippen LogP contribution is -2.30. The summed E-state index contributed by atoms with van der Waals surface area (Å²) in [5.41, 5.74) is 4.79. The van der Waals surface area contributed by atoms with Crippen LogP contribution in [0.4, 0.5) is 11.4 Å². The summed E-state index contributed by atoms with van der Waals surface area (Å²) in [6.45, 7) is 5.74. The van der Waals surface area contributed by atoms with Crippen LogP contribution in [-0.4, -0.2) is 46.0 Å². The van der Waals surface area contributed by atoms with E-state index in [4.69, 9.17) is 0 Å². The van der Waals surface area contributed by atoms with Gasteiger partial charge >= 0.3 is 0 Å². The van der Waals surface area contributed by atoms with Crippen molar-refractivity contribution in [3.05, 3.63) is 76.9 Å². The molecule has 0 atom stereocenters. The Kier molecular flexibility index (Phi) is 7.01. The van der Waals surface area contributed by atoms with Crippen LogP contribution in [0.2, 0.25) is 0 Å². The summed E-state index contributed by atoms with van der Waals surface area (Å²) in [6, 6.07) is 11.3. The zero-order valence-corrected chi connectivity index (χ0v) is 18.8. The molecule has 32 heavy (non-hydrogen) atoms. The molecule has 1 heterocycles. The molecule has 0 radical (unpaired) electrons. The van der Waals surface area contributed by atoms with Gasteiger partial charge in [-0.25, -0.2) is 13.4 Å². The average Bonchev–Trinajstić information content (AvgIpc) is 3.33. The van der Waals surface area contributed by atoms with E-state index in [0.717, 1.165) is 17.3 Å². The van der Waals surface area contributed by atoms with Crippen LogP contribution in [0, 0.1) is 10.1 Å². The molecular weight excluding hydrogens is 432 g/mol. The van der Waals surface area contributed by atoms with E-state index >= 15 is 0 Å². The van der Waals surface area contributed by atoms with Crippen LogP contribution in [0.15, 0.2) is 71.2 Å². The Bertz CT molecular complexity index is 1220. The van der Waals surface area contributed by atoms with Crippen LogP contribution < -0.4 is 5.43 Å². The maximum Gasteiger partial charge on any atom is 0.295 e. The first-order chi connectivity index (χ1) is 15.3. The van der Waals surface area contributed by atoms with E-state index < -0.39 is 14.9 Å². The van der Waals surface area contributed by atoms with Crippen LogP contribution in [0.25, 0.3) is 5.69 Å². The van der Waals surface area contributed by atoms with Crippen LogP contribution in [0.5, 0.6) is 0 Å². The van der Waals surface area contributed by atoms with Crippen molar-refractivity contribution >= 4 is 27.1 Å². The minimum absolute atomic E-state index is 0.0999. The number of hydrogen-bond donors (Lipinski definition) is 1. The molecule has 0 saturated carbocycles. The normalized spacial score (nSPS) is 12.2. The number of imidazole rings is 1. The van der Waals surface area contributed by atoms with Gasteiger partial charge in [0.15, 0.2) is 0 Å². The molecular formula is C21H24N6O4S. The number of hydrogen-bond acceptors (Lipinski definition) is 7. The second-order valence-corrected chi connectivity index (χ2v) is 8.79. The molecule has 0 amide bonds. The van der Waals surface area contributed by atoms with Crippen LogP contribution in [0.1, 0.15) is 26.3 Å². The van der Waals surface area contributed by atoms with E-state index in [0.29, 0.717) is 5.71 Å². The molecule has 1 N–H and O–H groups in total. The van der Waals surface area contributed by atoms with Gasteiger partial charge in [0, 0.05) is 37.2 Å². The van der Waals surface area contributed by atoms with E-state index in [1.807, 2.05) is 35.0 Å². The molecule has 0 aliphatic rings. The van der Waals surface area contributed by atoms with E-state index in [1.165, 1.54) is 16.4 Å². The van der Waals surface area contributed by atoms with Gasteiger partial charge in [0.25, 0.3) is 5.69 Å². The highest BCUT2D eigenvalue weighted by Gasteiger charge is 2.25. The number of anilines is 1. The highest BCUT2D eigenvalue weighted by atomic mass is 32.2. The van der Waals surface area contributed by atoms with Crippen molar-refractivity contribution in [1.82, 2.24) is 13.9 Å². The highest BCUT2D eigenvalue weighted by Crippen LogP contribution is 2.29. The third-order valence-electron chi connectivity index (χ3n) is 4.94. The van der Waals surface area contributed by atoms with E-state index in [9.17, 15) is 18.5 Å². The monoisotopic (exact) mass is 456 g/mol. The van der Waals surface area contributed by atoms with Crippen molar-refractivity contribution in [1.29, 1.82) is 0 Å². The lowest BCUT2D eigenvalue weighted by atomic mass is 10.1. The lowest BCUT2D eigenvalue weighted by Gasteiger charge is -2.18. The summed E-state index contributed by atoms with van der Waals surface area (Å²) in [6.07, 6.45) is 5.22. The molecule has 3 aromatic rings. The molecule has 168 valence electrons. The predicted molar refractivity (Wildman–Crippen MR) is 123 cm³/mol. The Labute approximate surface area is 186 Å². The average molecular weight is 457 g/mol. The molecule has 11 heteroatoms. The van der Waals surface area contributed by atoms with Crippen molar-refractivity contribution in [3.8, 4) is 5.69 Å². The molecule has 0 saturated heterocycles. The molecule has 1 aromatic heterocycles. The molecule has 0 bridgehead atoms. The quantitative estimate of drug-likeness (QED) is 0.298. The summed E-state index contributed by atoms with van der Waals surface area (Å²) in [7, 11) is -3.81. The second-order valence-electron chi connectivity index (χ2n) is 6.85. The fourth-order valence-corrected chi connectivity index (χ4v) is 4.60. The summed E-state index contributed by atoms with van der Waals surface area (Å²) in [5.74, 6) is 0. The first-order valence-electron chi connectivity index (χ1n) is 9.95. The number of benzene rings is 2. The SMILES string of the molecule is CCN(CC)S(=O)(=O)c1ccc(N/N=C(/C)c2ccc(-n3ccnc3)cc2)c([N+](=O)[O-])c1. The van der Waals surface area contributed by atoms with Gasteiger partial charge < -0.3 is 4.57 Å². The highest BCUT2D eigenvalue weighted by molar-refractivity contribution is 7.89. The summed E-state index contributed by atoms with van der Waals surface area (Å²) < 4.78 is 28.5. The van der Waals surface area contributed by atoms with Crippen molar-refractivity contribution in [2.45, 2.75) is 25.7 Å². The zero-order chi connectivity index (χ0) is 23.3. The number of nitrogens with one attached hydrogen (secondary N) is 1. The largest absolute Gasteiger partial charge is 0.306 e. The predicted octanol–water partition coefficient (Wildman–Crippen LogP) is 3.65. The van der Waals surface area contributed by atoms with Crippen molar-refractivity contribution in [3.63, 3.8) is 0 Å². The maximum atomic E-state index is 12.7. The van der Waals surface area contributed by atoms with Crippen LogP contribution >= 0.6 is 0 Å². The van der Waals surface area contributed by atoms with Gasteiger partial charge in [0.1, 0.15) is 5.69 Å². The Morgan fingerprint density at radius 2 is 1.88 bits per heavy atom. The van der Waals surface area contributed by atoms with E-state index in [-0.39, 0.29) is 29.4 Å². The number of nitrogens with zero attached hydrogens (tertiary/aromatic N) is 5. The van der Waals surface area contributed by atoms with Gasteiger partial charge in [-0.05, 0) is 36.8 Å². The lowest BCUT2D eigenvalue weighted by molar-refractivity contribution is -0.384. The third kappa shape index (κ3) is 4.84. The number of sulfonamides is 1. The smallest absolute Gasteiger partial charge is 0.295 e. The third-order valence-corrected chi connectivity index (χ3v) is 6.99. The van der Waals surface area contributed by atoms with Crippen molar-refractivity contribution in [2.24, 2.45) is 5.10 Å². The van der Waals surface area contributed by atoms with E-state index in [1.54, 1.807) is 33.3 Å². The molecule has 0 aliphatic carbocycles. The molecule has 0 unspecified atom stereocenters. The van der Waals surface area contributed by atoms with Gasteiger partial charge in [-0.3, -0.25) is 15.5 Å². The summed E-state index contributed by atoms with van der Waals surface area (Å²) in [5, 5.41) is 15.8. The van der Waals surface area contributed by atoms with Crippen molar-refractivity contribution in [2.75, 3.05) is 18.5 Å². The number of aromatic nitrogens is 2. The number of rotatable bonds is 9. The standard InChI is InChI=1S/C21H24N6O4S/c1-4-26(5-2)32(30,31)19-10-11-20(21(14-19)27(28)29)24-23-16(3)17-6-8-18(9-7-17)25-13-12-22-15-25/h6-15,24H,4-5H2,1-3H3/b23-16-. The number of nitro groups is 1. The van der Waals surface area contributed by atoms with E-state index in [2.05, 4.69) is 15.5 Å². The minimum atomic E-state index is -3.81. The second kappa shape index (κ2) is 9.71. The van der Waals surface area contributed by atoms with Gasteiger partial charge in [0.05, 0.1) is 21.9 Å². The fraction of sp³-hybridized carbons (Fsp3) is 0.238. The van der Waals surface area contributed by atoms with Gasteiger partial charge in [0.2, 0.25) is 10.0 Å². The number of nitro benzene ring substituents is 1. The first-order valence-corrected chi connectivity index (χ1v) is 11.4. The van der Waals surface area contributed by atoms with Gasteiger partial charge in [-0.15, -0.1) is 0 Å². The van der Waals surface area contributed by atoms with Gasteiger partial charge in [-0.2, -0.15) is 9.41 Å².